The Hall–Kier alpha value is -0.0800. The molecule has 4 unspecified atom stereocenters. The Morgan fingerprint density at radius 2 is 2.39 bits per heavy atom. The Morgan fingerprint density at radius 3 is 3.06 bits per heavy atom. The average molecular weight is 369 g/mol. The van der Waals surface area contributed by atoms with Gasteiger partial charge in [-0.15, -0.1) is 24.0 Å². The number of nitrogens with zero attached hydrogens (tertiary/aromatic N) is 1. The molecule has 1 heterocycles. The van der Waals surface area contributed by atoms with Crippen LogP contribution in [0, 0.1) is 5.92 Å². The average Bonchev–Trinajstić information content (AvgIpc) is 2.26. The lowest BCUT2D eigenvalue weighted by molar-refractivity contribution is -0.0938. The highest BCUT2D eigenvalue weighted by Crippen LogP contribution is 2.39. The van der Waals surface area contributed by atoms with Crippen molar-refractivity contribution in [3.8, 4) is 0 Å². The van der Waals surface area contributed by atoms with Gasteiger partial charge in [0.05, 0.1) is 18.8 Å². The van der Waals surface area contributed by atoms with Crippen molar-refractivity contribution < 1.29 is 9.47 Å². The van der Waals surface area contributed by atoms with Gasteiger partial charge in [-0.05, 0) is 26.2 Å². The maximum Gasteiger partial charge on any atom is 0.189 e. The normalized spacial score (nSPS) is 32.8. The molecular formula is C12H24IN3O2. The number of nitrogens with two attached hydrogens (primary N) is 1. The number of nitrogens with one attached hydrogen (secondary N) is 1. The number of aliphatic imine (C=N–C) groups is 1. The summed E-state index contributed by atoms with van der Waals surface area (Å²) >= 11 is 0. The maximum absolute atomic E-state index is 5.88. The predicted molar refractivity (Wildman–Crippen MR) is 82.4 cm³/mol. The lowest BCUT2D eigenvalue weighted by atomic mass is 9.73. The van der Waals surface area contributed by atoms with Crippen molar-refractivity contribution in [3.63, 3.8) is 0 Å². The second-order valence-electron chi connectivity index (χ2n) is 5.03. The van der Waals surface area contributed by atoms with Crippen LogP contribution in [0.4, 0.5) is 0 Å². The summed E-state index contributed by atoms with van der Waals surface area (Å²) in [6.45, 7) is 3.57. The summed E-state index contributed by atoms with van der Waals surface area (Å²) in [4.78, 5) is 4.54. The highest BCUT2D eigenvalue weighted by molar-refractivity contribution is 14.0. The maximum atomic E-state index is 5.88. The van der Waals surface area contributed by atoms with E-state index in [1.54, 1.807) is 7.11 Å². The Balaban J connectivity index is 0.00000162. The molecule has 1 saturated heterocycles. The smallest absolute Gasteiger partial charge is 0.189 e. The van der Waals surface area contributed by atoms with E-state index in [0.29, 0.717) is 30.6 Å². The number of ether oxygens (including phenoxy) is 2. The highest BCUT2D eigenvalue weighted by atomic mass is 127. The molecule has 18 heavy (non-hydrogen) atoms. The first-order valence-electron chi connectivity index (χ1n) is 6.41. The number of guanidine groups is 1. The quantitative estimate of drug-likeness (QED) is 0.443. The van der Waals surface area contributed by atoms with Crippen molar-refractivity contribution in [2.24, 2.45) is 16.6 Å². The molecule has 0 aromatic heterocycles. The molecular weight excluding hydrogens is 345 g/mol. The highest BCUT2D eigenvalue weighted by Gasteiger charge is 2.43. The van der Waals surface area contributed by atoms with Crippen LogP contribution >= 0.6 is 24.0 Å². The van der Waals surface area contributed by atoms with Crippen molar-refractivity contribution in [2.75, 3.05) is 20.3 Å². The third kappa shape index (κ3) is 3.96. The number of rotatable bonds is 4. The zero-order chi connectivity index (χ0) is 12.3. The molecule has 1 aliphatic heterocycles. The topological polar surface area (TPSA) is 68.9 Å². The fourth-order valence-electron chi connectivity index (χ4n) is 2.67. The number of fused-ring (bicyclic) bond motifs is 1. The van der Waals surface area contributed by atoms with Crippen LogP contribution in [0.25, 0.3) is 0 Å². The molecule has 4 atom stereocenters. The molecule has 0 aromatic carbocycles. The number of hydrogen-bond donors (Lipinski definition) is 2. The van der Waals surface area contributed by atoms with E-state index in [4.69, 9.17) is 15.2 Å². The van der Waals surface area contributed by atoms with E-state index in [1.807, 2.05) is 6.92 Å². The van der Waals surface area contributed by atoms with Gasteiger partial charge in [-0.2, -0.15) is 0 Å². The fourth-order valence-corrected chi connectivity index (χ4v) is 2.67. The molecule has 0 amide bonds. The van der Waals surface area contributed by atoms with Crippen LogP contribution in [0.15, 0.2) is 4.99 Å². The third-order valence-corrected chi connectivity index (χ3v) is 3.58. The molecule has 0 aromatic rings. The molecule has 2 rings (SSSR count). The minimum atomic E-state index is 0. The molecule has 6 heteroatoms. The molecule has 5 nitrogen and oxygen atoms in total. The van der Waals surface area contributed by atoms with Crippen LogP contribution in [0.3, 0.4) is 0 Å². The van der Waals surface area contributed by atoms with Crippen molar-refractivity contribution in [3.05, 3.63) is 0 Å². The zero-order valence-corrected chi connectivity index (χ0v) is 13.4. The molecule has 1 aliphatic carbocycles. The van der Waals surface area contributed by atoms with Crippen LogP contribution in [0.2, 0.25) is 0 Å². The van der Waals surface area contributed by atoms with Gasteiger partial charge in [0.2, 0.25) is 0 Å². The molecule has 2 aliphatic rings. The number of methoxy groups -OCH3 is 1. The van der Waals surface area contributed by atoms with Gasteiger partial charge >= 0.3 is 0 Å². The van der Waals surface area contributed by atoms with E-state index in [9.17, 15) is 0 Å². The lowest BCUT2D eigenvalue weighted by Gasteiger charge is -2.45. The van der Waals surface area contributed by atoms with E-state index in [-0.39, 0.29) is 30.0 Å². The first-order valence-corrected chi connectivity index (χ1v) is 6.41. The first kappa shape index (κ1) is 16.0. The van der Waals surface area contributed by atoms with Crippen molar-refractivity contribution in [1.82, 2.24) is 5.32 Å². The summed E-state index contributed by atoms with van der Waals surface area (Å²) < 4.78 is 10.7. The number of halogens is 1. The summed E-state index contributed by atoms with van der Waals surface area (Å²) in [5.41, 5.74) is 5.88. The monoisotopic (exact) mass is 369 g/mol. The molecule has 3 N–H and O–H groups in total. The Labute approximate surface area is 126 Å². The second kappa shape index (κ2) is 7.49. The zero-order valence-electron chi connectivity index (χ0n) is 11.1. The van der Waals surface area contributed by atoms with Gasteiger partial charge in [-0.25, -0.2) is 4.99 Å². The number of hydrogen-bond acceptors (Lipinski definition) is 3. The van der Waals surface area contributed by atoms with Crippen LogP contribution in [-0.2, 0) is 9.47 Å². The van der Waals surface area contributed by atoms with Crippen LogP contribution in [0.5, 0.6) is 0 Å². The Morgan fingerprint density at radius 1 is 1.61 bits per heavy atom. The van der Waals surface area contributed by atoms with Gasteiger partial charge in [0, 0.05) is 25.7 Å². The van der Waals surface area contributed by atoms with E-state index >= 15 is 0 Å². The Bertz CT molecular complexity index is 288. The van der Waals surface area contributed by atoms with Crippen LogP contribution in [-0.4, -0.2) is 44.5 Å². The summed E-state index contributed by atoms with van der Waals surface area (Å²) in [7, 11) is 1.68. The van der Waals surface area contributed by atoms with E-state index in [1.165, 1.54) is 6.42 Å². The molecule has 0 spiro atoms. The second-order valence-corrected chi connectivity index (χ2v) is 5.03. The third-order valence-electron chi connectivity index (χ3n) is 3.58. The van der Waals surface area contributed by atoms with Crippen LogP contribution in [0.1, 0.15) is 26.2 Å². The van der Waals surface area contributed by atoms with Gasteiger partial charge < -0.3 is 20.5 Å². The van der Waals surface area contributed by atoms with Crippen molar-refractivity contribution in [1.29, 1.82) is 0 Å². The van der Waals surface area contributed by atoms with Crippen molar-refractivity contribution in [2.45, 2.75) is 44.4 Å². The molecule has 106 valence electrons. The standard InChI is InChI=1S/C12H23N3O2.HI/c1-8(7-16-2)14-12(13)15-10-6-11-9(10)4-3-5-17-11;/h8-11H,3-7H2,1-2H3,(H3,13,14,15);1H. The molecule has 1 saturated carbocycles. The van der Waals surface area contributed by atoms with E-state index < -0.39 is 0 Å². The summed E-state index contributed by atoms with van der Waals surface area (Å²) in [5.74, 6) is 1.12. The van der Waals surface area contributed by atoms with Crippen molar-refractivity contribution >= 4 is 29.9 Å². The lowest BCUT2D eigenvalue weighted by Crippen LogP contribution is -2.51. The SMILES string of the molecule is COCC(C)NC(N)=NC1CC2OCCCC12.I. The largest absolute Gasteiger partial charge is 0.383 e. The van der Waals surface area contributed by atoms with Gasteiger partial charge in [-0.3, -0.25) is 0 Å². The first-order chi connectivity index (χ1) is 8.20. The van der Waals surface area contributed by atoms with E-state index in [0.717, 1.165) is 19.4 Å². The van der Waals surface area contributed by atoms with Gasteiger partial charge in [-0.1, -0.05) is 0 Å². The summed E-state index contributed by atoms with van der Waals surface area (Å²) in [6.07, 6.45) is 3.83. The Kier molecular flexibility index (Phi) is 6.65. The molecule has 0 bridgehead atoms. The predicted octanol–water partition coefficient (Wildman–Crippen LogP) is 1.11. The summed E-state index contributed by atoms with van der Waals surface area (Å²) in [5, 5.41) is 3.14. The summed E-state index contributed by atoms with van der Waals surface area (Å²) in [6, 6.07) is 0.546. The minimum absolute atomic E-state index is 0. The fraction of sp³-hybridized carbons (Fsp3) is 0.917. The molecule has 0 radical (unpaired) electrons. The van der Waals surface area contributed by atoms with Gasteiger partial charge in [0.25, 0.3) is 0 Å². The van der Waals surface area contributed by atoms with E-state index in [2.05, 4.69) is 10.3 Å². The minimum Gasteiger partial charge on any atom is -0.383 e. The van der Waals surface area contributed by atoms with Gasteiger partial charge in [0.15, 0.2) is 5.96 Å². The molecule has 2 fully saturated rings. The van der Waals surface area contributed by atoms with Gasteiger partial charge in [0.1, 0.15) is 0 Å². The van der Waals surface area contributed by atoms with Crippen LogP contribution < -0.4 is 11.1 Å².